The third-order valence-electron chi connectivity index (χ3n) is 4.39. The smallest absolute Gasteiger partial charge is 0.225 e. The maximum atomic E-state index is 12.1. The van der Waals surface area contributed by atoms with E-state index in [1.54, 1.807) is 11.8 Å². The van der Waals surface area contributed by atoms with E-state index in [0.717, 1.165) is 43.4 Å². The molecule has 0 atom stereocenters. The normalized spacial score (nSPS) is 15.6. The van der Waals surface area contributed by atoms with Crippen molar-refractivity contribution in [3.63, 3.8) is 0 Å². The van der Waals surface area contributed by atoms with Gasteiger partial charge in [0.1, 0.15) is 5.75 Å². The lowest BCUT2D eigenvalue weighted by Crippen LogP contribution is -2.49. The Bertz CT molecular complexity index is 704. The monoisotopic (exact) mass is 344 g/mol. The quantitative estimate of drug-likeness (QED) is 0.804. The van der Waals surface area contributed by atoms with Crippen LogP contribution in [0, 0.1) is 5.92 Å². The Labute approximate surface area is 147 Å². The molecule has 0 bridgehead atoms. The molecule has 0 radical (unpaired) electrons. The minimum absolute atomic E-state index is 0.0499. The average molecular weight is 344 g/mol. The highest BCUT2D eigenvalue weighted by Crippen LogP contribution is 2.16. The van der Waals surface area contributed by atoms with Crippen molar-refractivity contribution in [3.8, 4) is 11.4 Å². The molecule has 0 N–H and O–H groups in total. The van der Waals surface area contributed by atoms with Gasteiger partial charge in [0.2, 0.25) is 5.91 Å². The third-order valence-corrected chi connectivity index (χ3v) is 4.39. The number of methoxy groups -OCH3 is 1. The van der Waals surface area contributed by atoms with Crippen LogP contribution in [0.5, 0.6) is 5.75 Å². The largest absolute Gasteiger partial charge is 0.497 e. The number of nitrogens with zero attached hydrogens (tertiary/aromatic N) is 6. The molecule has 25 heavy (non-hydrogen) atoms. The Morgan fingerprint density at radius 3 is 2.44 bits per heavy atom. The fraction of sp³-hybridized carbons (Fsp3) is 0.529. The molecule has 1 aromatic heterocycles. The predicted molar refractivity (Wildman–Crippen MR) is 92.4 cm³/mol. The maximum Gasteiger partial charge on any atom is 0.225 e. The predicted octanol–water partition coefficient (Wildman–Crippen LogP) is 0.971. The molecule has 0 unspecified atom stereocenters. The van der Waals surface area contributed by atoms with Gasteiger partial charge in [0, 0.05) is 32.1 Å². The van der Waals surface area contributed by atoms with Crippen LogP contribution in [0.4, 0.5) is 0 Å². The van der Waals surface area contributed by atoms with Crippen LogP contribution in [0.2, 0.25) is 0 Å². The number of carbonyl (C=O) groups is 1. The topological polar surface area (TPSA) is 76.4 Å². The van der Waals surface area contributed by atoms with E-state index >= 15 is 0 Å². The summed E-state index contributed by atoms with van der Waals surface area (Å²) in [6.45, 7) is 7.70. The Balaban J connectivity index is 1.63. The summed E-state index contributed by atoms with van der Waals surface area (Å²) in [7, 11) is 1.64. The Hall–Kier alpha value is -2.48. The molecule has 1 aliphatic rings. The zero-order valence-electron chi connectivity index (χ0n) is 14.9. The van der Waals surface area contributed by atoms with Crippen LogP contribution in [-0.4, -0.2) is 69.2 Å². The van der Waals surface area contributed by atoms with Crippen LogP contribution in [0.15, 0.2) is 24.3 Å². The van der Waals surface area contributed by atoms with Crippen molar-refractivity contribution in [1.29, 1.82) is 0 Å². The molecule has 2 heterocycles. The number of tetrazole rings is 1. The molecule has 1 fully saturated rings. The first-order valence-corrected chi connectivity index (χ1v) is 8.51. The van der Waals surface area contributed by atoms with Gasteiger partial charge in [0.15, 0.2) is 5.82 Å². The van der Waals surface area contributed by atoms with Gasteiger partial charge in [-0.25, -0.2) is 0 Å². The number of hydrogen-bond donors (Lipinski definition) is 0. The van der Waals surface area contributed by atoms with Crippen molar-refractivity contribution in [3.05, 3.63) is 30.1 Å². The van der Waals surface area contributed by atoms with E-state index in [1.165, 1.54) is 0 Å². The number of rotatable bonds is 5. The van der Waals surface area contributed by atoms with Gasteiger partial charge in [-0.15, -0.1) is 5.10 Å². The highest BCUT2D eigenvalue weighted by Gasteiger charge is 2.24. The summed E-state index contributed by atoms with van der Waals surface area (Å²) in [6.07, 6.45) is 0. The van der Waals surface area contributed by atoms with Crippen molar-refractivity contribution in [2.45, 2.75) is 20.4 Å². The summed E-state index contributed by atoms with van der Waals surface area (Å²) in [6, 6.07) is 7.63. The van der Waals surface area contributed by atoms with Crippen LogP contribution in [0.1, 0.15) is 19.7 Å². The molecule has 8 nitrogen and oxygen atoms in total. The summed E-state index contributed by atoms with van der Waals surface area (Å²) in [5, 5.41) is 12.1. The van der Waals surface area contributed by atoms with Crippen LogP contribution < -0.4 is 4.74 Å². The van der Waals surface area contributed by atoms with Gasteiger partial charge in [0.05, 0.1) is 19.3 Å². The number of piperazine rings is 1. The van der Waals surface area contributed by atoms with Crippen LogP contribution in [-0.2, 0) is 11.3 Å². The van der Waals surface area contributed by atoms with Gasteiger partial charge in [-0.1, -0.05) is 13.8 Å². The van der Waals surface area contributed by atoms with E-state index in [1.807, 2.05) is 43.0 Å². The molecular formula is C17H24N6O2. The number of carbonyl (C=O) groups excluding carboxylic acids is 1. The Morgan fingerprint density at radius 2 is 1.84 bits per heavy atom. The van der Waals surface area contributed by atoms with Gasteiger partial charge >= 0.3 is 0 Å². The van der Waals surface area contributed by atoms with E-state index in [2.05, 4.69) is 20.4 Å². The number of benzene rings is 1. The second kappa shape index (κ2) is 7.60. The average Bonchev–Trinajstić information content (AvgIpc) is 3.10. The molecule has 3 rings (SSSR count). The molecule has 1 aromatic carbocycles. The minimum atomic E-state index is 0.0499. The Morgan fingerprint density at radius 1 is 1.16 bits per heavy atom. The number of hydrogen-bond acceptors (Lipinski definition) is 6. The SMILES string of the molecule is COc1ccc(-n2nnnc2CN2CCN(C(=O)C(C)C)CC2)cc1. The lowest BCUT2D eigenvalue weighted by atomic mass is 10.1. The molecule has 8 heteroatoms. The molecule has 0 spiro atoms. The minimum Gasteiger partial charge on any atom is -0.497 e. The highest BCUT2D eigenvalue weighted by molar-refractivity contribution is 5.78. The summed E-state index contributed by atoms with van der Waals surface area (Å²) in [4.78, 5) is 16.3. The number of amides is 1. The zero-order chi connectivity index (χ0) is 17.8. The molecule has 2 aromatic rings. The second-order valence-electron chi connectivity index (χ2n) is 6.46. The van der Waals surface area contributed by atoms with Crippen molar-refractivity contribution < 1.29 is 9.53 Å². The fourth-order valence-electron chi connectivity index (χ4n) is 2.92. The number of ether oxygens (including phenoxy) is 1. The lowest BCUT2D eigenvalue weighted by molar-refractivity contribution is -0.136. The first-order valence-electron chi connectivity index (χ1n) is 8.51. The number of aromatic nitrogens is 4. The molecule has 1 saturated heterocycles. The van der Waals surface area contributed by atoms with Gasteiger partial charge in [-0.3, -0.25) is 9.69 Å². The molecule has 134 valence electrons. The van der Waals surface area contributed by atoms with Gasteiger partial charge < -0.3 is 9.64 Å². The second-order valence-corrected chi connectivity index (χ2v) is 6.46. The van der Waals surface area contributed by atoms with Gasteiger partial charge in [-0.2, -0.15) is 4.68 Å². The third kappa shape index (κ3) is 3.96. The molecule has 0 saturated carbocycles. The highest BCUT2D eigenvalue weighted by atomic mass is 16.5. The van der Waals surface area contributed by atoms with Crippen molar-refractivity contribution in [2.75, 3.05) is 33.3 Å². The van der Waals surface area contributed by atoms with Gasteiger partial charge in [0.25, 0.3) is 0 Å². The van der Waals surface area contributed by atoms with Gasteiger partial charge in [-0.05, 0) is 34.7 Å². The summed E-state index contributed by atoms with van der Waals surface area (Å²) in [5.41, 5.74) is 0.898. The molecular weight excluding hydrogens is 320 g/mol. The van der Waals surface area contributed by atoms with E-state index in [-0.39, 0.29) is 11.8 Å². The molecule has 0 aliphatic carbocycles. The Kier molecular flexibility index (Phi) is 5.28. The first kappa shape index (κ1) is 17.3. The summed E-state index contributed by atoms with van der Waals surface area (Å²) >= 11 is 0. The maximum absolute atomic E-state index is 12.1. The first-order chi connectivity index (χ1) is 12.1. The standard InChI is InChI=1S/C17H24N6O2/c1-13(2)17(24)22-10-8-21(9-11-22)12-16-18-19-20-23(16)14-4-6-15(25-3)7-5-14/h4-7,13H,8-12H2,1-3H3. The van der Waals surface area contributed by atoms with Crippen molar-refractivity contribution in [2.24, 2.45) is 5.92 Å². The molecule has 1 aliphatic heterocycles. The lowest BCUT2D eigenvalue weighted by Gasteiger charge is -2.35. The van der Waals surface area contributed by atoms with E-state index < -0.39 is 0 Å². The van der Waals surface area contributed by atoms with E-state index in [4.69, 9.17) is 4.74 Å². The van der Waals surface area contributed by atoms with E-state index in [0.29, 0.717) is 6.54 Å². The summed E-state index contributed by atoms with van der Waals surface area (Å²) < 4.78 is 6.92. The van der Waals surface area contributed by atoms with Crippen molar-refractivity contribution in [1.82, 2.24) is 30.0 Å². The summed E-state index contributed by atoms with van der Waals surface area (Å²) in [5.74, 6) is 1.86. The molecule has 1 amide bonds. The van der Waals surface area contributed by atoms with Crippen LogP contribution >= 0.6 is 0 Å². The van der Waals surface area contributed by atoms with Crippen LogP contribution in [0.25, 0.3) is 5.69 Å². The van der Waals surface area contributed by atoms with Crippen LogP contribution in [0.3, 0.4) is 0 Å². The zero-order valence-corrected chi connectivity index (χ0v) is 14.9. The fourth-order valence-corrected chi connectivity index (χ4v) is 2.92. The van der Waals surface area contributed by atoms with Crippen molar-refractivity contribution >= 4 is 5.91 Å². The van der Waals surface area contributed by atoms with E-state index in [9.17, 15) is 4.79 Å².